The molecule has 0 bridgehead atoms. The molecule has 0 saturated carbocycles. The Balaban J connectivity index is 1.31. The van der Waals surface area contributed by atoms with Crippen LogP contribution in [0.15, 0.2) is 36.5 Å². The highest BCUT2D eigenvalue weighted by atomic mass is 19.1. The van der Waals surface area contributed by atoms with Crippen molar-refractivity contribution in [3.05, 3.63) is 53.5 Å². The number of anilines is 3. The van der Waals surface area contributed by atoms with E-state index in [-0.39, 0.29) is 31.7 Å². The second-order valence-electron chi connectivity index (χ2n) is 10.5. The van der Waals surface area contributed by atoms with Gasteiger partial charge in [-0.05, 0) is 31.7 Å². The molecule has 236 valence electrons. The van der Waals surface area contributed by atoms with E-state index in [9.17, 15) is 14.3 Å². The van der Waals surface area contributed by atoms with E-state index in [0.717, 1.165) is 44.0 Å². The average molecular weight is 613 g/mol. The fourth-order valence-corrected chi connectivity index (χ4v) is 5.13. The zero-order valence-electron chi connectivity index (χ0n) is 25.0. The average Bonchev–Trinajstić information content (AvgIpc) is 3.02. The van der Waals surface area contributed by atoms with Crippen molar-refractivity contribution in [3.8, 4) is 23.0 Å². The molecule has 0 unspecified atom stereocenters. The highest BCUT2D eigenvalue weighted by Crippen LogP contribution is 2.41. The van der Waals surface area contributed by atoms with Gasteiger partial charge in [-0.2, -0.15) is 4.98 Å². The van der Waals surface area contributed by atoms with Gasteiger partial charge in [0.15, 0.2) is 18.3 Å². The van der Waals surface area contributed by atoms with Crippen LogP contribution in [0, 0.1) is 5.82 Å². The monoisotopic (exact) mass is 612 g/mol. The molecule has 13 nitrogen and oxygen atoms in total. The van der Waals surface area contributed by atoms with Crippen LogP contribution >= 0.6 is 0 Å². The van der Waals surface area contributed by atoms with Crippen LogP contribution in [-0.2, 0) is 17.9 Å². The summed E-state index contributed by atoms with van der Waals surface area (Å²) in [7, 11) is 5.21. The van der Waals surface area contributed by atoms with Gasteiger partial charge >= 0.3 is 6.09 Å². The number of fused-ring (bicyclic) bond motifs is 1. The molecule has 1 aromatic heterocycles. The number of carbonyl (C=O) groups is 1. The number of nitrogens with one attached hydrogen (secondary N) is 1. The van der Waals surface area contributed by atoms with Crippen molar-refractivity contribution in [2.45, 2.75) is 19.6 Å². The van der Waals surface area contributed by atoms with Gasteiger partial charge in [-0.3, -0.25) is 4.90 Å². The number of ether oxygens (including phenoxy) is 5. The molecule has 2 aliphatic rings. The number of methoxy groups -OCH3 is 2. The minimum atomic E-state index is -1.28. The minimum Gasteiger partial charge on any atom is -0.493 e. The summed E-state index contributed by atoms with van der Waals surface area (Å²) in [6.07, 6.45) is 0.996. The quantitative estimate of drug-likeness (QED) is 0.287. The van der Waals surface area contributed by atoms with Crippen molar-refractivity contribution in [3.63, 3.8) is 0 Å². The second kappa shape index (κ2) is 14.4. The van der Waals surface area contributed by atoms with Crippen LogP contribution in [0.3, 0.4) is 0 Å². The third-order valence-electron chi connectivity index (χ3n) is 7.40. The first-order valence-corrected chi connectivity index (χ1v) is 14.3. The minimum absolute atomic E-state index is 0.00638. The van der Waals surface area contributed by atoms with E-state index in [0.29, 0.717) is 46.4 Å². The smallest absolute Gasteiger partial charge is 0.413 e. The van der Waals surface area contributed by atoms with Gasteiger partial charge in [0.25, 0.3) is 0 Å². The maximum atomic E-state index is 14.3. The topological polar surface area (TPSA) is 131 Å². The molecule has 1 amide bonds. The summed E-state index contributed by atoms with van der Waals surface area (Å²) in [5.74, 6) is 1.47. The number of amides is 1. The van der Waals surface area contributed by atoms with Gasteiger partial charge in [0.05, 0.1) is 34.0 Å². The fraction of sp³-hybridized carbons (Fsp3) is 0.433. The van der Waals surface area contributed by atoms with Crippen molar-refractivity contribution < 1.29 is 38.0 Å². The standard InChI is InChI=1S/C30H37FN6O7/c1-35-8-10-36(11-9-35)7-4-12-43-25-16-23(15-24(40-2)28(25)41-3)33-29-32-6-5-26(34-29)37(30(38)39)17-20-13-22(31)14-21-18-42-19-44-27(20)21/h5-6,13-16H,4,7-12,17-19H2,1-3H3,(H,38,39)(H,32,33,34). The number of rotatable bonds is 12. The number of benzene rings is 2. The lowest BCUT2D eigenvalue weighted by atomic mass is 10.1. The molecule has 3 aromatic rings. The van der Waals surface area contributed by atoms with Gasteiger partial charge in [0.1, 0.15) is 17.4 Å². The van der Waals surface area contributed by atoms with Crippen molar-refractivity contribution in [2.24, 2.45) is 0 Å². The van der Waals surface area contributed by atoms with Crippen LogP contribution in [0.25, 0.3) is 0 Å². The first-order chi connectivity index (χ1) is 21.3. The predicted molar refractivity (Wildman–Crippen MR) is 160 cm³/mol. The highest BCUT2D eigenvalue weighted by Gasteiger charge is 2.24. The van der Waals surface area contributed by atoms with E-state index >= 15 is 0 Å². The van der Waals surface area contributed by atoms with E-state index in [2.05, 4.69) is 32.1 Å². The van der Waals surface area contributed by atoms with Crippen molar-refractivity contribution in [2.75, 3.05) is 77.6 Å². The van der Waals surface area contributed by atoms with Gasteiger partial charge in [-0.25, -0.2) is 14.2 Å². The molecule has 3 heterocycles. The molecule has 5 rings (SSSR count). The summed E-state index contributed by atoms with van der Waals surface area (Å²) in [4.78, 5) is 26.7. The summed E-state index contributed by atoms with van der Waals surface area (Å²) in [6, 6.07) is 7.47. The van der Waals surface area contributed by atoms with Crippen LogP contribution < -0.4 is 29.2 Å². The lowest BCUT2D eigenvalue weighted by molar-refractivity contribution is -0.0172. The van der Waals surface area contributed by atoms with Crippen LogP contribution in [0.4, 0.5) is 26.6 Å². The molecule has 2 N–H and O–H groups in total. The molecule has 0 aliphatic carbocycles. The maximum absolute atomic E-state index is 14.3. The molecule has 1 saturated heterocycles. The second-order valence-corrected chi connectivity index (χ2v) is 10.5. The zero-order valence-corrected chi connectivity index (χ0v) is 25.0. The third-order valence-corrected chi connectivity index (χ3v) is 7.40. The lowest BCUT2D eigenvalue weighted by Gasteiger charge is -2.32. The number of hydrogen-bond donors (Lipinski definition) is 2. The molecule has 2 aliphatic heterocycles. The van der Waals surface area contributed by atoms with Crippen LogP contribution in [0.1, 0.15) is 17.5 Å². The molecule has 14 heteroatoms. The van der Waals surface area contributed by atoms with E-state index in [1.807, 2.05) is 0 Å². The molecule has 1 fully saturated rings. The molecule has 0 spiro atoms. The highest BCUT2D eigenvalue weighted by molar-refractivity contribution is 5.85. The predicted octanol–water partition coefficient (Wildman–Crippen LogP) is 3.94. The number of halogens is 1. The largest absolute Gasteiger partial charge is 0.493 e. The Morgan fingerprint density at radius 3 is 2.68 bits per heavy atom. The number of carboxylic acid groups (broad SMARTS) is 1. The Morgan fingerprint density at radius 1 is 1.14 bits per heavy atom. The third kappa shape index (κ3) is 7.56. The van der Waals surface area contributed by atoms with Gasteiger partial charge in [0, 0.05) is 67.9 Å². The molecular weight excluding hydrogens is 575 g/mol. The maximum Gasteiger partial charge on any atom is 0.413 e. The summed E-state index contributed by atoms with van der Waals surface area (Å²) in [5.41, 5.74) is 1.41. The Labute approximate surface area is 255 Å². The first-order valence-electron chi connectivity index (χ1n) is 14.3. The lowest BCUT2D eigenvalue weighted by Crippen LogP contribution is -2.44. The summed E-state index contributed by atoms with van der Waals surface area (Å²) >= 11 is 0. The van der Waals surface area contributed by atoms with Gasteiger partial charge in [0.2, 0.25) is 11.7 Å². The van der Waals surface area contributed by atoms with E-state index in [4.69, 9.17) is 23.7 Å². The number of aromatic nitrogens is 2. The number of hydrogen-bond acceptors (Lipinski definition) is 11. The Morgan fingerprint density at radius 2 is 1.93 bits per heavy atom. The Bertz CT molecular complexity index is 1450. The molecule has 0 radical (unpaired) electrons. The molecule has 0 atom stereocenters. The van der Waals surface area contributed by atoms with E-state index < -0.39 is 11.9 Å². The number of likely N-dealkylation sites (N-methyl/N-ethyl adjacent to an activating group) is 1. The number of piperazine rings is 1. The molecular formula is C30H37FN6O7. The van der Waals surface area contributed by atoms with Gasteiger partial charge in [-0.1, -0.05) is 0 Å². The molecule has 44 heavy (non-hydrogen) atoms. The van der Waals surface area contributed by atoms with E-state index in [1.54, 1.807) is 19.2 Å². The fourth-order valence-electron chi connectivity index (χ4n) is 5.13. The van der Waals surface area contributed by atoms with Crippen LogP contribution in [0.2, 0.25) is 0 Å². The van der Waals surface area contributed by atoms with Gasteiger partial charge < -0.3 is 43.9 Å². The van der Waals surface area contributed by atoms with Crippen LogP contribution in [0.5, 0.6) is 23.0 Å². The molecule has 2 aromatic carbocycles. The SMILES string of the molecule is COc1cc(Nc2nccc(N(Cc3cc(F)cc4c3OCOC4)C(=O)O)n2)cc(OCCCN2CCN(C)CC2)c1OC. The first kappa shape index (κ1) is 31.0. The Kier molecular flexibility index (Phi) is 10.1. The van der Waals surface area contributed by atoms with Gasteiger partial charge in [-0.15, -0.1) is 0 Å². The summed E-state index contributed by atoms with van der Waals surface area (Å²) in [5, 5.41) is 13.1. The van der Waals surface area contributed by atoms with Crippen molar-refractivity contribution >= 4 is 23.5 Å². The summed E-state index contributed by atoms with van der Waals surface area (Å²) in [6.45, 7) is 5.58. The summed E-state index contributed by atoms with van der Waals surface area (Å²) < 4.78 is 42.3. The van der Waals surface area contributed by atoms with Crippen molar-refractivity contribution in [1.82, 2.24) is 19.8 Å². The van der Waals surface area contributed by atoms with E-state index in [1.165, 1.54) is 31.5 Å². The Hall–Kier alpha value is -4.40. The van der Waals surface area contributed by atoms with Crippen LogP contribution in [-0.4, -0.2) is 98.4 Å². The zero-order chi connectivity index (χ0) is 31.1. The normalized spacial score (nSPS) is 15.2. The number of nitrogens with zero attached hydrogens (tertiary/aromatic N) is 5. The van der Waals surface area contributed by atoms with Crippen molar-refractivity contribution in [1.29, 1.82) is 0 Å².